The van der Waals surface area contributed by atoms with Crippen molar-refractivity contribution in [2.75, 3.05) is 20.7 Å². The number of aromatic nitrogens is 1. The van der Waals surface area contributed by atoms with Crippen molar-refractivity contribution in [1.29, 1.82) is 0 Å². The van der Waals surface area contributed by atoms with Crippen LogP contribution in [0.1, 0.15) is 56.5 Å². The van der Waals surface area contributed by atoms with Crippen molar-refractivity contribution >= 4 is 0 Å². The van der Waals surface area contributed by atoms with Gasteiger partial charge in [-0.25, -0.2) is 0 Å². The van der Waals surface area contributed by atoms with Gasteiger partial charge in [-0.2, -0.15) is 0 Å². The molecule has 0 bridgehead atoms. The van der Waals surface area contributed by atoms with E-state index < -0.39 is 0 Å². The summed E-state index contributed by atoms with van der Waals surface area (Å²) in [6, 6.07) is 4.39. The lowest BCUT2D eigenvalue weighted by Gasteiger charge is -2.27. The van der Waals surface area contributed by atoms with Gasteiger partial charge in [0.15, 0.2) is 0 Å². The highest BCUT2D eigenvalue weighted by Gasteiger charge is 2.34. The first-order valence-electron chi connectivity index (χ1n) is 7.21. The lowest BCUT2D eigenvalue weighted by molar-refractivity contribution is 0.0153. The molecule has 2 heterocycles. The number of rotatable bonds is 4. The Kier molecular flexibility index (Phi) is 4.26. The lowest BCUT2D eigenvalue weighted by atomic mass is 9.90. The van der Waals surface area contributed by atoms with E-state index in [9.17, 15) is 0 Å². The van der Waals surface area contributed by atoms with Gasteiger partial charge in [0.25, 0.3) is 0 Å². The molecule has 0 saturated carbocycles. The summed E-state index contributed by atoms with van der Waals surface area (Å²) in [4.78, 5) is 7.06. The smallest absolute Gasteiger partial charge is 0.0922 e. The van der Waals surface area contributed by atoms with Crippen molar-refractivity contribution in [2.24, 2.45) is 0 Å². The zero-order chi connectivity index (χ0) is 14.0. The summed E-state index contributed by atoms with van der Waals surface area (Å²) < 4.78 is 5.99. The summed E-state index contributed by atoms with van der Waals surface area (Å²) >= 11 is 0. The summed E-state index contributed by atoms with van der Waals surface area (Å²) in [5.74, 6) is 0.465. The molecule has 106 valence electrons. The fourth-order valence-electron chi connectivity index (χ4n) is 2.73. The third-order valence-corrected chi connectivity index (χ3v) is 3.84. The van der Waals surface area contributed by atoms with Crippen LogP contribution < -0.4 is 0 Å². The average molecular weight is 262 g/mol. The molecule has 2 rings (SSSR count). The minimum atomic E-state index is -0.145. The van der Waals surface area contributed by atoms with Gasteiger partial charge >= 0.3 is 0 Å². The highest BCUT2D eigenvalue weighted by Crippen LogP contribution is 2.37. The molecule has 0 unspecified atom stereocenters. The maximum atomic E-state index is 5.99. The van der Waals surface area contributed by atoms with E-state index in [1.807, 2.05) is 0 Å². The van der Waals surface area contributed by atoms with E-state index in [2.05, 4.69) is 51.9 Å². The van der Waals surface area contributed by atoms with Crippen molar-refractivity contribution in [3.63, 3.8) is 0 Å². The van der Waals surface area contributed by atoms with E-state index in [-0.39, 0.29) is 5.60 Å². The molecule has 1 saturated heterocycles. The predicted octanol–water partition coefficient (Wildman–Crippen LogP) is 3.29. The summed E-state index contributed by atoms with van der Waals surface area (Å²) in [6.07, 6.45) is 2.24. The Balaban J connectivity index is 2.41. The van der Waals surface area contributed by atoms with Crippen molar-refractivity contribution in [1.82, 2.24) is 9.88 Å². The first-order chi connectivity index (χ1) is 8.92. The number of pyridine rings is 1. The van der Waals surface area contributed by atoms with Crippen molar-refractivity contribution in [3.05, 3.63) is 29.1 Å². The van der Waals surface area contributed by atoms with Gasteiger partial charge < -0.3 is 9.64 Å². The minimum Gasteiger partial charge on any atom is -0.371 e. The quantitative estimate of drug-likeness (QED) is 0.832. The third kappa shape index (κ3) is 3.15. The maximum absolute atomic E-state index is 5.99. The second-order valence-electron chi connectivity index (χ2n) is 6.31. The molecule has 1 aliphatic heterocycles. The SMILES string of the molecule is CC(C)c1ccc([C@]2(C)CCCO2)c(CN(C)C)n1. The molecule has 1 atom stereocenters. The van der Waals surface area contributed by atoms with Crippen LogP contribution in [0.25, 0.3) is 0 Å². The fourth-order valence-corrected chi connectivity index (χ4v) is 2.73. The average Bonchev–Trinajstić information content (AvgIpc) is 2.76. The molecular formula is C16H26N2O. The van der Waals surface area contributed by atoms with E-state index in [0.29, 0.717) is 5.92 Å². The Labute approximate surface area is 117 Å². The van der Waals surface area contributed by atoms with Crippen molar-refractivity contribution in [2.45, 2.75) is 51.7 Å². The topological polar surface area (TPSA) is 25.4 Å². The predicted molar refractivity (Wildman–Crippen MR) is 78.3 cm³/mol. The number of hydrogen-bond donors (Lipinski definition) is 0. The highest BCUT2D eigenvalue weighted by atomic mass is 16.5. The Bertz CT molecular complexity index is 434. The summed E-state index contributed by atoms with van der Waals surface area (Å²) in [6.45, 7) is 8.31. The van der Waals surface area contributed by atoms with Gasteiger partial charge in [-0.1, -0.05) is 19.9 Å². The van der Waals surface area contributed by atoms with Gasteiger partial charge in [0.1, 0.15) is 0 Å². The maximum Gasteiger partial charge on any atom is 0.0922 e. The van der Waals surface area contributed by atoms with Gasteiger partial charge in [0.2, 0.25) is 0 Å². The molecule has 0 N–H and O–H groups in total. The van der Waals surface area contributed by atoms with Crippen LogP contribution in [0, 0.1) is 0 Å². The van der Waals surface area contributed by atoms with Gasteiger partial charge in [0, 0.05) is 24.4 Å². The number of hydrogen-bond acceptors (Lipinski definition) is 3. The molecule has 3 heteroatoms. The molecule has 0 spiro atoms. The standard InChI is InChI=1S/C16H26N2O/c1-12(2)14-8-7-13(15(17-14)11-18(4)5)16(3)9-6-10-19-16/h7-8,12H,6,9-11H2,1-5H3/t16-/m0/s1. The molecule has 0 amide bonds. The molecular weight excluding hydrogens is 236 g/mol. The molecule has 0 radical (unpaired) electrons. The Morgan fingerprint density at radius 3 is 2.63 bits per heavy atom. The van der Waals surface area contributed by atoms with Gasteiger partial charge in [-0.3, -0.25) is 4.98 Å². The van der Waals surface area contributed by atoms with Crippen molar-refractivity contribution < 1.29 is 4.74 Å². The van der Waals surface area contributed by atoms with E-state index in [4.69, 9.17) is 9.72 Å². The first-order valence-corrected chi connectivity index (χ1v) is 7.21. The summed E-state index contributed by atoms with van der Waals surface area (Å²) in [5, 5.41) is 0. The van der Waals surface area contributed by atoms with Crippen LogP contribution in [0.15, 0.2) is 12.1 Å². The van der Waals surface area contributed by atoms with Crippen molar-refractivity contribution in [3.8, 4) is 0 Å². The lowest BCUT2D eigenvalue weighted by Crippen LogP contribution is -2.25. The second kappa shape index (κ2) is 5.59. The molecule has 0 aromatic carbocycles. The third-order valence-electron chi connectivity index (χ3n) is 3.84. The summed E-state index contributed by atoms with van der Waals surface area (Å²) in [5.41, 5.74) is 3.46. The Morgan fingerprint density at radius 1 is 1.37 bits per heavy atom. The van der Waals surface area contributed by atoms with Gasteiger partial charge in [-0.15, -0.1) is 0 Å². The van der Waals surface area contributed by atoms with Crippen LogP contribution in [0.2, 0.25) is 0 Å². The van der Waals surface area contributed by atoms with E-state index in [1.165, 1.54) is 17.0 Å². The van der Waals surface area contributed by atoms with Crippen LogP contribution >= 0.6 is 0 Å². The van der Waals surface area contributed by atoms with Crippen LogP contribution in [-0.2, 0) is 16.9 Å². The van der Waals surface area contributed by atoms with Crippen LogP contribution in [-0.4, -0.2) is 30.6 Å². The Morgan fingerprint density at radius 2 is 2.11 bits per heavy atom. The summed E-state index contributed by atoms with van der Waals surface area (Å²) in [7, 11) is 4.18. The van der Waals surface area contributed by atoms with E-state index in [0.717, 1.165) is 26.0 Å². The van der Waals surface area contributed by atoms with Crippen LogP contribution in [0.5, 0.6) is 0 Å². The molecule has 3 nitrogen and oxygen atoms in total. The van der Waals surface area contributed by atoms with E-state index in [1.54, 1.807) is 0 Å². The van der Waals surface area contributed by atoms with Gasteiger partial charge in [0.05, 0.1) is 11.3 Å². The Hall–Kier alpha value is -0.930. The highest BCUT2D eigenvalue weighted by molar-refractivity contribution is 5.30. The molecule has 1 aromatic heterocycles. The zero-order valence-corrected chi connectivity index (χ0v) is 12.9. The number of nitrogens with zero attached hydrogens (tertiary/aromatic N) is 2. The number of ether oxygens (including phenoxy) is 1. The molecule has 0 aliphatic carbocycles. The van der Waals surface area contributed by atoms with Gasteiger partial charge in [-0.05, 0) is 45.8 Å². The van der Waals surface area contributed by atoms with Crippen LogP contribution in [0.3, 0.4) is 0 Å². The molecule has 19 heavy (non-hydrogen) atoms. The fraction of sp³-hybridized carbons (Fsp3) is 0.688. The monoisotopic (exact) mass is 262 g/mol. The molecule has 1 aliphatic rings. The molecule has 1 fully saturated rings. The first kappa shape index (κ1) is 14.5. The normalized spacial score (nSPS) is 23.5. The largest absolute Gasteiger partial charge is 0.371 e. The molecule has 1 aromatic rings. The minimum absolute atomic E-state index is 0.145. The van der Waals surface area contributed by atoms with E-state index >= 15 is 0 Å². The zero-order valence-electron chi connectivity index (χ0n) is 12.9. The second-order valence-corrected chi connectivity index (χ2v) is 6.31. The van der Waals surface area contributed by atoms with Crippen LogP contribution in [0.4, 0.5) is 0 Å².